The van der Waals surface area contributed by atoms with Crippen molar-refractivity contribution in [2.24, 2.45) is 0 Å². The molecule has 1 rings (SSSR count). The van der Waals surface area contributed by atoms with Crippen molar-refractivity contribution >= 4 is 16.2 Å². The lowest BCUT2D eigenvalue weighted by Crippen LogP contribution is -2.47. The molecule has 0 saturated heterocycles. The van der Waals surface area contributed by atoms with Crippen LogP contribution in [0, 0.1) is 0 Å². The summed E-state index contributed by atoms with van der Waals surface area (Å²) in [6.07, 6.45) is 1.64. The van der Waals surface area contributed by atoms with Crippen LogP contribution in [0.2, 0.25) is 0 Å². The van der Waals surface area contributed by atoms with E-state index in [0.717, 1.165) is 12.8 Å². The standard InChI is InChI=1S/C11H22N2O4S/c1-4-12(5-2)18(15,16)13(10-7-8-10)9-11(14)17-6-3/h10H,4-9H2,1-3H3. The number of rotatable bonds is 8. The smallest absolute Gasteiger partial charge is 0.321 e. The van der Waals surface area contributed by atoms with Gasteiger partial charge >= 0.3 is 5.97 Å². The second-order valence-electron chi connectivity index (χ2n) is 4.17. The summed E-state index contributed by atoms with van der Waals surface area (Å²) in [5.74, 6) is -0.486. The fourth-order valence-electron chi connectivity index (χ4n) is 1.79. The molecule has 0 aromatic heterocycles. The SMILES string of the molecule is CCOC(=O)CN(C1CC1)S(=O)(=O)N(CC)CC. The highest BCUT2D eigenvalue weighted by Crippen LogP contribution is 2.30. The summed E-state index contributed by atoms with van der Waals surface area (Å²) >= 11 is 0. The quantitative estimate of drug-likeness (QED) is 0.610. The van der Waals surface area contributed by atoms with Gasteiger partial charge in [0.25, 0.3) is 10.2 Å². The Labute approximate surface area is 109 Å². The first kappa shape index (κ1) is 15.4. The van der Waals surface area contributed by atoms with Gasteiger partial charge in [-0.3, -0.25) is 4.79 Å². The summed E-state index contributed by atoms with van der Waals surface area (Å²) in [7, 11) is -3.55. The molecule has 0 aliphatic heterocycles. The maximum Gasteiger partial charge on any atom is 0.321 e. The van der Waals surface area contributed by atoms with Gasteiger partial charge in [0, 0.05) is 19.1 Å². The minimum atomic E-state index is -3.55. The molecule has 0 N–H and O–H groups in total. The fraction of sp³-hybridized carbons (Fsp3) is 0.909. The van der Waals surface area contributed by atoms with E-state index in [1.165, 1.54) is 8.61 Å². The zero-order valence-electron chi connectivity index (χ0n) is 11.3. The van der Waals surface area contributed by atoms with Gasteiger partial charge in [-0.15, -0.1) is 0 Å². The number of nitrogens with zero attached hydrogens (tertiary/aromatic N) is 2. The van der Waals surface area contributed by atoms with Crippen molar-refractivity contribution < 1.29 is 17.9 Å². The van der Waals surface area contributed by atoms with E-state index in [1.807, 2.05) is 0 Å². The summed E-state index contributed by atoms with van der Waals surface area (Å²) in [5.41, 5.74) is 0. The molecule has 106 valence electrons. The number of hydrogen-bond acceptors (Lipinski definition) is 4. The molecule has 1 aliphatic rings. The van der Waals surface area contributed by atoms with E-state index in [-0.39, 0.29) is 19.2 Å². The molecule has 0 heterocycles. The van der Waals surface area contributed by atoms with Gasteiger partial charge in [0.05, 0.1) is 6.61 Å². The normalized spacial score (nSPS) is 16.3. The summed E-state index contributed by atoms with van der Waals surface area (Å²) in [6.45, 7) is 6.18. The van der Waals surface area contributed by atoms with Gasteiger partial charge in [0.2, 0.25) is 0 Å². The summed E-state index contributed by atoms with van der Waals surface area (Å²) in [4.78, 5) is 11.5. The van der Waals surface area contributed by atoms with Crippen LogP contribution in [0.1, 0.15) is 33.6 Å². The first-order valence-corrected chi connectivity index (χ1v) is 7.79. The minimum absolute atomic E-state index is 0.0417. The number of ether oxygens (including phenoxy) is 1. The Balaban J connectivity index is 2.81. The molecule has 1 fully saturated rings. The average molecular weight is 278 g/mol. The Hall–Kier alpha value is -0.660. The Morgan fingerprint density at radius 1 is 1.22 bits per heavy atom. The molecule has 0 unspecified atom stereocenters. The van der Waals surface area contributed by atoms with Gasteiger partial charge in [-0.05, 0) is 19.8 Å². The molecule has 18 heavy (non-hydrogen) atoms. The third kappa shape index (κ3) is 3.66. The van der Waals surface area contributed by atoms with Crippen LogP contribution < -0.4 is 0 Å². The maximum absolute atomic E-state index is 12.4. The largest absolute Gasteiger partial charge is 0.465 e. The van der Waals surface area contributed by atoms with Crippen molar-refractivity contribution in [3.63, 3.8) is 0 Å². The van der Waals surface area contributed by atoms with Crippen molar-refractivity contribution in [2.75, 3.05) is 26.2 Å². The molecule has 7 heteroatoms. The Morgan fingerprint density at radius 2 is 1.78 bits per heavy atom. The van der Waals surface area contributed by atoms with E-state index in [2.05, 4.69) is 0 Å². The van der Waals surface area contributed by atoms with Crippen molar-refractivity contribution in [3.05, 3.63) is 0 Å². The van der Waals surface area contributed by atoms with Gasteiger partial charge in [-0.1, -0.05) is 13.8 Å². The zero-order chi connectivity index (χ0) is 13.8. The monoisotopic (exact) mass is 278 g/mol. The van der Waals surface area contributed by atoms with Gasteiger partial charge in [-0.25, -0.2) is 0 Å². The third-order valence-electron chi connectivity index (χ3n) is 2.87. The molecule has 0 aromatic carbocycles. The van der Waals surface area contributed by atoms with Crippen molar-refractivity contribution in [2.45, 2.75) is 39.7 Å². The van der Waals surface area contributed by atoms with Crippen LogP contribution in [0.25, 0.3) is 0 Å². The molecule has 0 aromatic rings. The van der Waals surface area contributed by atoms with E-state index in [4.69, 9.17) is 4.74 Å². The number of carbonyl (C=O) groups is 1. The van der Waals surface area contributed by atoms with Crippen LogP contribution in [0.3, 0.4) is 0 Å². The molecule has 0 spiro atoms. The lowest BCUT2D eigenvalue weighted by molar-refractivity contribution is -0.143. The number of esters is 1. The predicted octanol–water partition coefficient (Wildman–Crippen LogP) is 0.600. The Kier molecular flexibility index (Phi) is 5.55. The van der Waals surface area contributed by atoms with E-state index >= 15 is 0 Å². The summed E-state index contributed by atoms with van der Waals surface area (Å²) in [5, 5.41) is 0. The average Bonchev–Trinajstić information content (AvgIpc) is 3.11. The lowest BCUT2D eigenvalue weighted by Gasteiger charge is -2.27. The van der Waals surface area contributed by atoms with Crippen LogP contribution in [0.4, 0.5) is 0 Å². The maximum atomic E-state index is 12.4. The first-order valence-electron chi connectivity index (χ1n) is 6.39. The van der Waals surface area contributed by atoms with Crippen molar-refractivity contribution in [1.29, 1.82) is 0 Å². The topological polar surface area (TPSA) is 66.9 Å². The van der Waals surface area contributed by atoms with Crippen LogP contribution in [0.15, 0.2) is 0 Å². The molecule has 1 saturated carbocycles. The highest BCUT2D eigenvalue weighted by molar-refractivity contribution is 7.86. The summed E-state index contributed by atoms with van der Waals surface area (Å²) < 4.78 is 32.2. The third-order valence-corrected chi connectivity index (χ3v) is 5.06. The van der Waals surface area contributed by atoms with E-state index in [0.29, 0.717) is 13.1 Å². The van der Waals surface area contributed by atoms with Gasteiger partial charge in [-0.2, -0.15) is 17.0 Å². The molecule has 0 atom stereocenters. The Bertz CT molecular complexity index is 375. The van der Waals surface area contributed by atoms with Crippen molar-refractivity contribution in [3.8, 4) is 0 Å². The molecule has 6 nitrogen and oxygen atoms in total. The van der Waals surface area contributed by atoms with Gasteiger partial charge < -0.3 is 4.74 Å². The Morgan fingerprint density at radius 3 is 2.17 bits per heavy atom. The number of hydrogen-bond donors (Lipinski definition) is 0. The van der Waals surface area contributed by atoms with E-state index in [9.17, 15) is 13.2 Å². The molecule has 1 aliphatic carbocycles. The zero-order valence-corrected chi connectivity index (χ0v) is 12.1. The second kappa shape index (κ2) is 6.49. The molecular formula is C11H22N2O4S. The predicted molar refractivity (Wildman–Crippen MR) is 68.2 cm³/mol. The van der Waals surface area contributed by atoms with Crippen LogP contribution in [-0.2, 0) is 19.7 Å². The second-order valence-corrected chi connectivity index (χ2v) is 6.05. The highest BCUT2D eigenvalue weighted by Gasteiger charge is 2.40. The highest BCUT2D eigenvalue weighted by atomic mass is 32.2. The van der Waals surface area contributed by atoms with Crippen LogP contribution in [-0.4, -0.2) is 55.3 Å². The lowest BCUT2D eigenvalue weighted by atomic mass is 10.6. The molecular weight excluding hydrogens is 256 g/mol. The molecule has 0 radical (unpaired) electrons. The van der Waals surface area contributed by atoms with Crippen LogP contribution >= 0.6 is 0 Å². The number of carbonyl (C=O) groups excluding carboxylic acids is 1. The fourth-order valence-corrected chi connectivity index (χ4v) is 3.60. The van der Waals surface area contributed by atoms with E-state index in [1.54, 1.807) is 20.8 Å². The first-order chi connectivity index (χ1) is 8.47. The van der Waals surface area contributed by atoms with Gasteiger partial charge in [0.1, 0.15) is 6.54 Å². The minimum Gasteiger partial charge on any atom is -0.465 e. The van der Waals surface area contributed by atoms with Crippen LogP contribution in [0.5, 0.6) is 0 Å². The molecule has 0 amide bonds. The van der Waals surface area contributed by atoms with E-state index < -0.39 is 16.2 Å². The van der Waals surface area contributed by atoms with Gasteiger partial charge in [0.15, 0.2) is 0 Å². The van der Waals surface area contributed by atoms with Crippen molar-refractivity contribution in [1.82, 2.24) is 8.61 Å². The molecule has 0 bridgehead atoms. The summed E-state index contributed by atoms with van der Waals surface area (Å²) in [6, 6.07) is -0.0417.